The van der Waals surface area contributed by atoms with Gasteiger partial charge >= 0.3 is 13.1 Å². The minimum Gasteiger partial charge on any atom is -0.465 e. The number of carbonyl (C=O) groups excluding carboxylic acids is 1. The molecule has 0 saturated heterocycles. The van der Waals surface area contributed by atoms with Crippen molar-refractivity contribution < 1.29 is 24.3 Å². The highest BCUT2D eigenvalue weighted by Crippen LogP contribution is 2.25. The lowest BCUT2D eigenvalue weighted by atomic mass is 9.80. The van der Waals surface area contributed by atoms with Crippen molar-refractivity contribution >= 4 is 29.6 Å². The molecule has 0 aliphatic rings. The Kier molecular flexibility index (Phi) is 4.57. The van der Waals surface area contributed by atoms with Crippen molar-refractivity contribution in [3.8, 4) is 0 Å². The molecule has 3 N–H and O–H groups in total. The number of benzene rings is 1. The highest BCUT2D eigenvalue weighted by molar-refractivity contribution is 6.59. The molecule has 0 amide bonds. The predicted octanol–water partition coefficient (Wildman–Crippen LogP) is 1.21. The maximum atomic E-state index is 11.6. The van der Waals surface area contributed by atoms with Gasteiger partial charge in [-0.15, -0.1) is 0 Å². The number of aromatic amines is 1. The van der Waals surface area contributed by atoms with Crippen LogP contribution < -0.4 is 5.59 Å². The van der Waals surface area contributed by atoms with Crippen LogP contribution in [0.5, 0.6) is 0 Å². The van der Waals surface area contributed by atoms with Crippen molar-refractivity contribution in [3.63, 3.8) is 0 Å². The zero-order valence-electron chi connectivity index (χ0n) is 14.0. The van der Waals surface area contributed by atoms with Gasteiger partial charge in [-0.05, 0) is 51.3 Å². The van der Waals surface area contributed by atoms with Crippen molar-refractivity contribution in [3.05, 3.63) is 29.8 Å². The summed E-state index contributed by atoms with van der Waals surface area (Å²) in [6, 6.07) is 6.80. The topological polar surface area (TPSA) is 91.8 Å². The maximum absolute atomic E-state index is 11.6. The lowest BCUT2D eigenvalue weighted by molar-refractivity contribution is -0.0983. The molecule has 1 aromatic heterocycles. The van der Waals surface area contributed by atoms with Crippen LogP contribution in [0.3, 0.4) is 0 Å². The Morgan fingerprint density at radius 1 is 1.22 bits per heavy atom. The summed E-state index contributed by atoms with van der Waals surface area (Å²) in [6.07, 6.45) is 0. The first kappa shape index (κ1) is 17.5. The first-order chi connectivity index (χ1) is 10.5. The van der Waals surface area contributed by atoms with E-state index >= 15 is 0 Å². The summed E-state index contributed by atoms with van der Waals surface area (Å²) in [7, 11) is 0.0913. The molecule has 7 heteroatoms. The second-order valence-corrected chi connectivity index (χ2v) is 6.56. The lowest BCUT2D eigenvalue weighted by Gasteiger charge is -2.38. The molecule has 2 rings (SSSR count). The van der Waals surface area contributed by atoms with Crippen LogP contribution in [-0.2, 0) is 9.39 Å². The smallest absolute Gasteiger partial charge is 0.465 e. The Morgan fingerprint density at radius 3 is 2.43 bits per heavy atom. The zero-order valence-corrected chi connectivity index (χ0v) is 14.0. The molecule has 0 spiro atoms. The number of esters is 1. The number of fused-ring (bicyclic) bond motifs is 1. The number of carbonyl (C=O) groups is 1. The average molecular weight is 319 g/mol. The van der Waals surface area contributed by atoms with Gasteiger partial charge in [0.25, 0.3) is 0 Å². The van der Waals surface area contributed by atoms with Crippen LogP contribution in [0.2, 0.25) is 0 Å². The fourth-order valence-electron chi connectivity index (χ4n) is 2.01. The van der Waals surface area contributed by atoms with Crippen LogP contribution in [0, 0.1) is 0 Å². The molecule has 0 radical (unpaired) electrons. The SMILES string of the molecule is COC(=O)c1ccc2cc(B(O)OC(C)(C)C(C)(C)O)[nH]c2c1. The van der Waals surface area contributed by atoms with Gasteiger partial charge in [-0.25, -0.2) is 4.79 Å². The lowest BCUT2D eigenvalue weighted by Crippen LogP contribution is -2.53. The number of hydrogen-bond donors (Lipinski definition) is 3. The summed E-state index contributed by atoms with van der Waals surface area (Å²) in [5, 5.41) is 21.2. The van der Waals surface area contributed by atoms with E-state index in [1.165, 1.54) is 7.11 Å². The normalized spacial score (nSPS) is 12.5. The van der Waals surface area contributed by atoms with Gasteiger partial charge < -0.3 is 24.5 Å². The molecule has 2 aromatic rings. The molecular formula is C16H22BNO5. The third kappa shape index (κ3) is 3.58. The summed E-state index contributed by atoms with van der Waals surface area (Å²) >= 11 is 0. The number of nitrogens with one attached hydrogen (secondary N) is 1. The van der Waals surface area contributed by atoms with Gasteiger partial charge in [0.05, 0.1) is 23.9 Å². The van der Waals surface area contributed by atoms with Gasteiger partial charge in [0.1, 0.15) is 0 Å². The molecule has 1 heterocycles. The number of aromatic nitrogens is 1. The van der Waals surface area contributed by atoms with Crippen LogP contribution in [0.4, 0.5) is 0 Å². The summed E-state index contributed by atoms with van der Waals surface area (Å²) in [6.45, 7) is 6.64. The Balaban J connectivity index is 2.28. The molecule has 0 aliphatic heterocycles. The van der Waals surface area contributed by atoms with E-state index in [1.807, 2.05) is 0 Å². The second kappa shape index (κ2) is 6.00. The largest absolute Gasteiger partial charge is 0.508 e. The molecule has 0 unspecified atom stereocenters. The van der Waals surface area contributed by atoms with Gasteiger partial charge in [0.2, 0.25) is 0 Å². The van der Waals surface area contributed by atoms with Gasteiger partial charge in [-0.3, -0.25) is 0 Å². The fourth-order valence-corrected chi connectivity index (χ4v) is 2.01. The van der Waals surface area contributed by atoms with Crippen LogP contribution in [0.1, 0.15) is 38.1 Å². The van der Waals surface area contributed by atoms with Crippen molar-refractivity contribution in [1.29, 1.82) is 0 Å². The minimum absolute atomic E-state index is 0.417. The highest BCUT2D eigenvalue weighted by Gasteiger charge is 2.39. The Hall–Kier alpha value is -1.83. The molecule has 0 aliphatic carbocycles. The monoisotopic (exact) mass is 319 g/mol. The zero-order chi connectivity index (χ0) is 17.4. The standard InChI is InChI=1S/C16H22BNO5/c1-15(2,20)16(3,4)23-17(21)13-9-10-6-7-11(14(19)22-5)8-12(10)18-13/h6-9,18,20-21H,1-5H3. The van der Waals surface area contributed by atoms with Crippen molar-refractivity contribution in [1.82, 2.24) is 4.98 Å². The number of hydrogen-bond acceptors (Lipinski definition) is 5. The molecule has 0 bridgehead atoms. The van der Waals surface area contributed by atoms with Crippen molar-refractivity contribution in [2.75, 3.05) is 7.11 Å². The Labute approximate surface area is 135 Å². The summed E-state index contributed by atoms with van der Waals surface area (Å²) < 4.78 is 10.3. The van der Waals surface area contributed by atoms with Crippen LogP contribution >= 0.6 is 0 Å². The molecule has 0 saturated carbocycles. The van der Waals surface area contributed by atoms with E-state index in [1.54, 1.807) is 52.0 Å². The van der Waals surface area contributed by atoms with E-state index in [9.17, 15) is 14.9 Å². The van der Waals surface area contributed by atoms with E-state index < -0.39 is 24.3 Å². The van der Waals surface area contributed by atoms with Gasteiger partial charge in [0, 0.05) is 11.1 Å². The first-order valence-corrected chi connectivity index (χ1v) is 7.34. The van der Waals surface area contributed by atoms with E-state index in [2.05, 4.69) is 9.72 Å². The third-order valence-corrected chi connectivity index (χ3v) is 4.21. The van der Waals surface area contributed by atoms with Crippen LogP contribution in [0.15, 0.2) is 24.3 Å². The maximum Gasteiger partial charge on any atom is 0.508 e. The molecular weight excluding hydrogens is 297 g/mol. The number of ether oxygens (including phenoxy) is 1. The third-order valence-electron chi connectivity index (χ3n) is 4.21. The van der Waals surface area contributed by atoms with Crippen LogP contribution in [0.25, 0.3) is 10.9 Å². The molecule has 0 atom stereocenters. The summed E-state index contributed by atoms with van der Waals surface area (Å²) in [4.78, 5) is 14.6. The van der Waals surface area contributed by atoms with Gasteiger partial charge in [-0.2, -0.15) is 0 Å². The number of H-pyrrole nitrogens is 1. The Bertz CT molecular complexity index is 717. The number of rotatable bonds is 5. The quantitative estimate of drug-likeness (QED) is 0.569. The van der Waals surface area contributed by atoms with Crippen LogP contribution in [-0.4, -0.2) is 46.5 Å². The van der Waals surface area contributed by atoms with E-state index in [0.29, 0.717) is 16.7 Å². The number of methoxy groups -OCH3 is 1. The fraction of sp³-hybridized carbons (Fsp3) is 0.438. The summed E-state index contributed by atoms with van der Waals surface area (Å²) in [5.74, 6) is -0.428. The summed E-state index contributed by atoms with van der Waals surface area (Å²) in [5.41, 5.74) is -0.537. The van der Waals surface area contributed by atoms with Gasteiger partial charge in [0.15, 0.2) is 0 Å². The molecule has 124 valence electrons. The van der Waals surface area contributed by atoms with Gasteiger partial charge in [-0.1, -0.05) is 6.07 Å². The highest BCUT2D eigenvalue weighted by atomic mass is 16.5. The second-order valence-electron chi connectivity index (χ2n) is 6.56. The van der Waals surface area contributed by atoms with E-state index in [0.717, 1.165) is 5.39 Å². The number of aliphatic hydroxyl groups is 1. The predicted molar refractivity (Wildman–Crippen MR) is 88.7 cm³/mol. The van der Waals surface area contributed by atoms with E-state index in [4.69, 9.17) is 4.65 Å². The van der Waals surface area contributed by atoms with Crippen molar-refractivity contribution in [2.45, 2.75) is 38.9 Å². The molecule has 1 aromatic carbocycles. The molecule has 6 nitrogen and oxygen atoms in total. The first-order valence-electron chi connectivity index (χ1n) is 7.34. The molecule has 23 heavy (non-hydrogen) atoms. The van der Waals surface area contributed by atoms with E-state index in [-0.39, 0.29) is 0 Å². The Morgan fingerprint density at radius 2 is 1.87 bits per heavy atom. The molecule has 0 fully saturated rings. The minimum atomic E-state index is -1.23. The average Bonchev–Trinajstić information content (AvgIpc) is 2.87. The van der Waals surface area contributed by atoms with Crippen molar-refractivity contribution in [2.24, 2.45) is 0 Å².